The zero-order valence-corrected chi connectivity index (χ0v) is 15.8. The van der Waals surface area contributed by atoms with Crippen LogP contribution in [0.25, 0.3) is 0 Å². The fourth-order valence-corrected chi connectivity index (χ4v) is 3.47. The molecule has 1 aromatic carbocycles. The predicted molar refractivity (Wildman–Crippen MR) is 97.5 cm³/mol. The molecule has 0 spiro atoms. The van der Waals surface area contributed by atoms with Crippen LogP contribution in [0.1, 0.15) is 12.8 Å². The van der Waals surface area contributed by atoms with E-state index in [-0.39, 0.29) is 24.3 Å². The lowest BCUT2D eigenvalue weighted by molar-refractivity contribution is -0.136. The van der Waals surface area contributed by atoms with Gasteiger partial charge in [0.2, 0.25) is 11.0 Å². The van der Waals surface area contributed by atoms with Crippen molar-refractivity contribution in [1.29, 1.82) is 0 Å². The normalized spacial score (nSPS) is 17.2. The molecule has 132 valence electrons. The van der Waals surface area contributed by atoms with Gasteiger partial charge in [-0.1, -0.05) is 33.3 Å². The Labute approximate surface area is 157 Å². The van der Waals surface area contributed by atoms with E-state index in [0.717, 1.165) is 17.3 Å². The number of rotatable bonds is 5. The number of piperidine rings is 1. The minimum atomic E-state index is -0.243. The number of nitrogens with zero attached hydrogens (tertiary/aromatic N) is 3. The van der Waals surface area contributed by atoms with Crippen molar-refractivity contribution in [1.82, 2.24) is 15.1 Å². The van der Waals surface area contributed by atoms with E-state index in [1.165, 1.54) is 11.3 Å². The summed E-state index contributed by atoms with van der Waals surface area (Å²) in [6.45, 7) is 0.996. The average Bonchev–Trinajstić information content (AvgIpc) is 3.13. The van der Waals surface area contributed by atoms with Gasteiger partial charge in [0.25, 0.3) is 5.91 Å². The Balaban J connectivity index is 1.51. The lowest BCUT2D eigenvalue weighted by Crippen LogP contribution is -2.45. The van der Waals surface area contributed by atoms with Gasteiger partial charge in [0, 0.05) is 17.6 Å². The average molecular weight is 425 g/mol. The third kappa shape index (κ3) is 4.99. The van der Waals surface area contributed by atoms with E-state index in [2.05, 4.69) is 31.4 Å². The second-order valence-electron chi connectivity index (χ2n) is 5.66. The Morgan fingerprint density at radius 3 is 3.08 bits per heavy atom. The molecule has 0 bridgehead atoms. The number of benzene rings is 1. The van der Waals surface area contributed by atoms with Crippen molar-refractivity contribution in [3.8, 4) is 5.75 Å². The molecule has 1 aliphatic heterocycles. The van der Waals surface area contributed by atoms with Gasteiger partial charge in [-0.25, -0.2) is 0 Å². The second kappa shape index (κ2) is 8.39. The first-order valence-electron chi connectivity index (χ1n) is 7.85. The summed E-state index contributed by atoms with van der Waals surface area (Å²) < 4.78 is 6.44. The predicted octanol–water partition coefficient (Wildman–Crippen LogP) is 2.56. The maximum absolute atomic E-state index is 12.4. The Kier molecular flexibility index (Phi) is 5.98. The minimum absolute atomic E-state index is 0.0405. The Morgan fingerprint density at radius 2 is 2.32 bits per heavy atom. The van der Waals surface area contributed by atoms with Crippen LogP contribution in [0.4, 0.5) is 5.13 Å². The first kappa shape index (κ1) is 17.8. The third-order valence-electron chi connectivity index (χ3n) is 3.89. The highest BCUT2D eigenvalue weighted by Crippen LogP contribution is 2.21. The molecule has 1 aliphatic rings. The van der Waals surface area contributed by atoms with Crippen molar-refractivity contribution in [2.75, 3.05) is 25.0 Å². The van der Waals surface area contributed by atoms with Gasteiger partial charge in [-0.05, 0) is 31.0 Å². The van der Waals surface area contributed by atoms with E-state index in [4.69, 9.17) is 4.74 Å². The summed E-state index contributed by atoms with van der Waals surface area (Å²) in [5, 5.41) is 10.7. The molecule has 0 aliphatic carbocycles. The lowest BCUT2D eigenvalue weighted by atomic mass is 9.97. The van der Waals surface area contributed by atoms with Crippen LogP contribution in [0.5, 0.6) is 5.75 Å². The Morgan fingerprint density at radius 1 is 1.44 bits per heavy atom. The monoisotopic (exact) mass is 424 g/mol. The molecule has 2 heterocycles. The summed E-state index contributed by atoms with van der Waals surface area (Å²) >= 11 is 4.64. The van der Waals surface area contributed by atoms with Gasteiger partial charge in [-0.3, -0.25) is 9.59 Å². The number of ether oxygens (including phenoxy) is 1. The Bertz CT molecular complexity index is 741. The number of aromatic nitrogens is 2. The zero-order valence-electron chi connectivity index (χ0n) is 13.4. The van der Waals surface area contributed by atoms with Gasteiger partial charge in [-0.2, -0.15) is 0 Å². The van der Waals surface area contributed by atoms with Crippen molar-refractivity contribution in [2.24, 2.45) is 5.92 Å². The Hall–Kier alpha value is -2.00. The molecule has 1 fully saturated rings. The number of halogens is 1. The van der Waals surface area contributed by atoms with Crippen molar-refractivity contribution in [2.45, 2.75) is 12.8 Å². The lowest BCUT2D eigenvalue weighted by Gasteiger charge is -2.31. The minimum Gasteiger partial charge on any atom is -0.484 e. The molecular formula is C16H17BrN4O3S. The van der Waals surface area contributed by atoms with E-state index in [1.807, 2.05) is 18.2 Å². The second-order valence-corrected chi connectivity index (χ2v) is 7.41. The number of carbonyl (C=O) groups excluding carboxylic acids is 2. The molecule has 2 aromatic rings. The van der Waals surface area contributed by atoms with Gasteiger partial charge >= 0.3 is 0 Å². The fourth-order valence-electron chi connectivity index (χ4n) is 2.65. The highest BCUT2D eigenvalue weighted by Gasteiger charge is 2.29. The molecule has 1 saturated heterocycles. The number of hydrogen-bond donors (Lipinski definition) is 1. The quantitative estimate of drug-likeness (QED) is 0.796. The van der Waals surface area contributed by atoms with Crippen LogP contribution in [-0.2, 0) is 9.59 Å². The highest BCUT2D eigenvalue weighted by molar-refractivity contribution is 9.10. The summed E-state index contributed by atoms with van der Waals surface area (Å²) in [5.41, 5.74) is 1.56. The molecule has 1 N–H and O–H groups in total. The number of hydrogen-bond acceptors (Lipinski definition) is 6. The number of nitrogens with one attached hydrogen (secondary N) is 1. The van der Waals surface area contributed by atoms with Crippen LogP contribution >= 0.6 is 27.3 Å². The maximum atomic E-state index is 12.4. The van der Waals surface area contributed by atoms with E-state index >= 15 is 0 Å². The van der Waals surface area contributed by atoms with Gasteiger partial charge in [0.15, 0.2) is 6.61 Å². The fraction of sp³-hybridized carbons (Fsp3) is 0.375. The molecule has 1 aromatic heterocycles. The first-order valence-corrected chi connectivity index (χ1v) is 9.52. The zero-order chi connectivity index (χ0) is 17.6. The van der Waals surface area contributed by atoms with E-state index in [0.29, 0.717) is 24.0 Å². The largest absolute Gasteiger partial charge is 0.484 e. The number of likely N-dealkylation sites (tertiary alicyclic amines) is 1. The third-order valence-corrected chi connectivity index (χ3v) is 4.99. The van der Waals surface area contributed by atoms with Gasteiger partial charge in [0.1, 0.15) is 11.3 Å². The molecular weight excluding hydrogens is 408 g/mol. The first-order chi connectivity index (χ1) is 12.1. The topological polar surface area (TPSA) is 84.4 Å². The number of anilines is 1. The van der Waals surface area contributed by atoms with Crippen molar-refractivity contribution in [3.05, 3.63) is 34.2 Å². The highest BCUT2D eigenvalue weighted by atomic mass is 79.9. The molecule has 1 atom stereocenters. The van der Waals surface area contributed by atoms with Crippen molar-refractivity contribution < 1.29 is 14.3 Å². The van der Waals surface area contributed by atoms with Crippen LogP contribution in [0.2, 0.25) is 0 Å². The van der Waals surface area contributed by atoms with Gasteiger partial charge in [-0.15, -0.1) is 10.2 Å². The molecule has 0 saturated carbocycles. The molecule has 7 nitrogen and oxygen atoms in total. The molecule has 9 heteroatoms. The molecule has 0 radical (unpaired) electrons. The van der Waals surface area contributed by atoms with Crippen LogP contribution in [0.3, 0.4) is 0 Å². The van der Waals surface area contributed by atoms with Gasteiger partial charge < -0.3 is 15.0 Å². The molecule has 25 heavy (non-hydrogen) atoms. The van der Waals surface area contributed by atoms with Crippen LogP contribution in [0.15, 0.2) is 34.2 Å². The van der Waals surface area contributed by atoms with Crippen LogP contribution in [-0.4, -0.2) is 46.6 Å². The molecule has 0 unspecified atom stereocenters. The molecule has 2 amide bonds. The summed E-state index contributed by atoms with van der Waals surface area (Å²) in [4.78, 5) is 26.4. The van der Waals surface area contributed by atoms with E-state index < -0.39 is 0 Å². The maximum Gasteiger partial charge on any atom is 0.260 e. The SMILES string of the molecule is O=C(Nc1nncs1)[C@H]1CCCN(C(=O)COc2cccc(Br)c2)C1. The standard InChI is InChI=1S/C16H17BrN4O3S/c17-12-4-1-5-13(7-12)24-9-14(22)21-6-2-3-11(8-21)15(23)19-16-20-18-10-25-16/h1,4-5,7,10-11H,2-3,6,8-9H2,(H,19,20,23)/t11-/m0/s1. The number of carbonyl (C=O) groups is 2. The van der Waals surface area contributed by atoms with Crippen LogP contribution in [0, 0.1) is 5.92 Å². The van der Waals surface area contributed by atoms with E-state index in [9.17, 15) is 9.59 Å². The van der Waals surface area contributed by atoms with Crippen LogP contribution < -0.4 is 10.1 Å². The number of amides is 2. The molecule has 3 rings (SSSR count). The van der Waals surface area contributed by atoms with Crippen molar-refractivity contribution >= 4 is 44.2 Å². The van der Waals surface area contributed by atoms with Crippen molar-refractivity contribution in [3.63, 3.8) is 0 Å². The smallest absolute Gasteiger partial charge is 0.260 e. The summed E-state index contributed by atoms with van der Waals surface area (Å²) in [6.07, 6.45) is 1.54. The summed E-state index contributed by atoms with van der Waals surface area (Å²) in [6, 6.07) is 7.34. The summed E-state index contributed by atoms with van der Waals surface area (Å²) in [5.74, 6) is 0.147. The van der Waals surface area contributed by atoms with E-state index in [1.54, 1.807) is 16.5 Å². The van der Waals surface area contributed by atoms with Gasteiger partial charge in [0.05, 0.1) is 5.92 Å². The summed E-state index contributed by atoms with van der Waals surface area (Å²) in [7, 11) is 0.